The van der Waals surface area contributed by atoms with Gasteiger partial charge >= 0.3 is 0 Å². The van der Waals surface area contributed by atoms with Crippen molar-refractivity contribution in [2.24, 2.45) is 0 Å². The zero-order valence-corrected chi connectivity index (χ0v) is 16.6. The maximum Gasteiger partial charge on any atom is 0.243 e. The SMILES string of the molecule is COc1ccccc1N1CCN(S(=O)(=O)c2c(C)cc(C)cc2C)CC1. The minimum atomic E-state index is -3.49. The Morgan fingerprint density at radius 1 is 0.923 bits per heavy atom. The highest BCUT2D eigenvalue weighted by Crippen LogP contribution is 2.30. The predicted octanol–water partition coefficient (Wildman–Crippen LogP) is 3.13. The third-order valence-electron chi connectivity index (χ3n) is 4.87. The number of hydrogen-bond donors (Lipinski definition) is 0. The molecule has 0 aliphatic carbocycles. The number of hydrogen-bond acceptors (Lipinski definition) is 4. The van der Waals surface area contributed by atoms with Gasteiger partial charge in [-0.25, -0.2) is 8.42 Å². The Labute approximate surface area is 156 Å². The number of aryl methyl sites for hydroxylation is 3. The molecule has 1 fully saturated rings. The van der Waals surface area contributed by atoms with E-state index in [4.69, 9.17) is 4.74 Å². The summed E-state index contributed by atoms with van der Waals surface area (Å²) < 4.78 is 33.4. The number of benzene rings is 2. The van der Waals surface area contributed by atoms with Crippen molar-refractivity contribution >= 4 is 15.7 Å². The minimum Gasteiger partial charge on any atom is -0.495 e. The number of anilines is 1. The number of nitrogens with zero attached hydrogens (tertiary/aromatic N) is 2. The summed E-state index contributed by atoms with van der Waals surface area (Å²) >= 11 is 0. The second kappa shape index (κ2) is 7.29. The van der Waals surface area contributed by atoms with Crippen molar-refractivity contribution in [1.29, 1.82) is 0 Å². The van der Waals surface area contributed by atoms with Crippen LogP contribution in [0.1, 0.15) is 16.7 Å². The van der Waals surface area contributed by atoms with Crippen molar-refractivity contribution in [2.45, 2.75) is 25.7 Å². The summed E-state index contributed by atoms with van der Waals surface area (Å²) in [7, 11) is -1.83. The quantitative estimate of drug-likeness (QED) is 0.825. The van der Waals surface area contributed by atoms with Gasteiger partial charge in [-0.15, -0.1) is 0 Å². The molecule has 140 valence electrons. The van der Waals surface area contributed by atoms with E-state index in [1.807, 2.05) is 57.2 Å². The van der Waals surface area contributed by atoms with E-state index < -0.39 is 10.0 Å². The molecule has 1 aliphatic rings. The standard InChI is InChI=1S/C20H26N2O3S/c1-15-13-16(2)20(17(3)14-15)26(23,24)22-11-9-21(10-12-22)18-7-5-6-8-19(18)25-4/h5-8,13-14H,9-12H2,1-4H3. The molecule has 2 aromatic carbocycles. The van der Waals surface area contributed by atoms with Crippen LogP contribution in [0.25, 0.3) is 0 Å². The van der Waals surface area contributed by atoms with Crippen molar-refractivity contribution in [3.63, 3.8) is 0 Å². The average molecular weight is 375 g/mol. The highest BCUT2D eigenvalue weighted by atomic mass is 32.2. The fourth-order valence-electron chi connectivity index (χ4n) is 3.76. The van der Waals surface area contributed by atoms with Gasteiger partial charge in [-0.05, 0) is 44.0 Å². The summed E-state index contributed by atoms with van der Waals surface area (Å²) in [6.07, 6.45) is 0. The van der Waals surface area contributed by atoms with Gasteiger partial charge in [0.2, 0.25) is 10.0 Å². The topological polar surface area (TPSA) is 49.9 Å². The van der Waals surface area contributed by atoms with Crippen LogP contribution in [0.15, 0.2) is 41.3 Å². The monoisotopic (exact) mass is 374 g/mol. The lowest BCUT2D eigenvalue weighted by molar-refractivity contribution is 0.378. The third-order valence-corrected chi connectivity index (χ3v) is 7.07. The normalized spacial score (nSPS) is 15.9. The highest BCUT2D eigenvalue weighted by Gasteiger charge is 2.31. The van der Waals surface area contributed by atoms with E-state index in [-0.39, 0.29) is 0 Å². The van der Waals surface area contributed by atoms with Crippen LogP contribution in [-0.2, 0) is 10.0 Å². The van der Waals surface area contributed by atoms with Gasteiger partial charge in [-0.2, -0.15) is 4.31 Å². The molecule has 0 unspecified atom stereocenters. The summed E-state index contributed by atoms with van der Waals surface area (Å²) in [6, 6.07) is 11.7. The molecule has 0 aromatic heterocycles. The molecule has 0 saturated carbocycles. The molecule has 6 heteroatoms. The van der Waals surface area contributed by atoms with Gasteiger partial charge in [-0.3, -0.25) is 0 Å². The van der Waals surface area contributed by atoms with Crippen LogP contribution in [0.5, 0.6) is 5.75 Å². The van der Waals surface area contributed by atoms with E-state index in [2.05, 4.69) is 4.90 Å². The molecule has 1 aliphatic heterocycles. The van der Waals surface area contributed by atoms with E-state index in [1.54, 1.807) is 11.4 Å². The van der Waals surface area contributed by atoms with Crippen LogP contribution in [0.2, 0.25) is 0 Å². The number of rotatable bonds is 4. The van der Waals surface area contributed by atoms with Crippen LogP contribution < -0.4 is 9.64 Å². The van der Waals surface area contributed by atoms with E-state index in [0.717, 1.165) is 28.1 Å². The first-order chi connectivity index (χ1) is 12.3. The molecular formula is C20H26N2O3S. The molecular weight excluding hydrogens is 348 g/mol. The largest absolute Gasteiger partial charge is 0.495 e. The van der Waals surface area contributed by atoms with E-state index in [9.17, 15) is 8.42 Å². The fourth-order valence-corrected chi connectivity index (χ4v) is 5.60. The molecule has 2 aromatic rings. The molecule has 3 rings (SSSR count). The van der Waals surface area contributed by atoms with Gasteiger partial charge in [0, 0.05) is 26.2 Å². The lowest BCUT2D eigenvalue weighted by atomic mass is 10.1. The van der Waals surface area contributed by atoms with Crippen molar-refractivity contribution in [3.8, 4) is 5.75 Å². The molecule has 26 heavy (non-hydrogen) atoms. The van der Waals surface area contributed by atoms with E-state index in [1.165, 1.54) is 0 Å². The maximum absolute atomic E-state index is 13.2. The zero-order chi connectivity index (χ0) is 18.9. The van der Waals surface area contributed by atoms with Crippen LogP contribution in [-0.4, -0.2) is 46.0 Å². The van der Waals surface area contributed by atoms with Gasteiger partial charge in [-0.1, -0.05) is 29.8 Å². The second-order valence-corrected chi connectivity index (χ2v) is 8.67. The summed E-state index contributed by atoms with van der Waals surface area (Å²) in [5, 5.41) is 0. The average Bonchev–Trinajstić information content (AvgIpc) is 2.60. The number of piperazine rings is 1. The molecule has 0 bridgehead atoms. The third kappa shape index (κ3) is 3.44. The van der Waals surface area contributed by atoms with Crippen LogP contribution >= 0.6 is 0 Å². The zero-order valence-electron chi connectivity index (χ0n) is 15.8. The lowest BCUT2D eigenvalue weighted by Crippen LogP contribution is -2.49. The van der Waals surface area contributed by atoms with Crippen molar-refractivity contribution < 1.29 is 13.2 Å². The summed E-state index contributed by atoms with van der Waals surface area (Å²) in [5.41, 5.74) is 3.72. The summed E-state index contributed by atoms with van der Waals surface area (Å²) in [4.78, 5) is 2.63. The minimum absolute atomic E-state index is 0.453. The second-order valence-electron chi connectivity index (χ2n) is 6.79. The van der Waals surface area contributed by atoms with E-state index >= 15 is 0 Å². The van der Waals surface area contributed by atoms with Gasteiger partial charge in [0.1, 0.15) is 5.75 Å². The van der Waals surface area contributed by atoms with Gasteiger partial charge in [0.25, 0.3) is 0 Å². The predicted molar refractivity (Wildman–Crippen MR) is 105 cm³/mol. The van der Waals surface area contributed by atoms with Crippen LogP contribution in [0, 0.1) is 20.8 Å². The van der Waals surface area contributed by atoms with Gasteiger partial charge in [0.15, 0.2) is 0 Å². The molecule has 1 saturated heterocycles. The van der Waals surface area contributed by atoms with Crippen molar-refractivity contribution in [1.82, 2.24) is 4.31 Å². The van der Waals surface area contributed by atoms with Crippen molar-refractivity contribution in [3.05, 3.63) is 53.1 Å². The Kier molecular flexibility index (Phi) is 5.25. The molecule has 0 radical (unpaired) electrons. The van der Waals surface area contributed by atoms with Crippen LogP contribution in [0.3, 0.4) is 0 Å². The Bertz CT molecular complexity index is 878. The number of ether oxygens (including phenoxy) is 1. The van der Waals surface area contributed by atoms with Gasteiger partial charge in [0.05, 0.1) is 17.7 Å². The summed E-state index contributed by atoms with van der Waals surface area (Å²) in [6.45, 7) is 7.95. The Balaban J connectivity index is 1.82. The fraction of sp³-hybridized carbons (Fsp3) is 0.400. The molecule has 1 heterocycles. The molecule has 0 spiro atoms. The van der Waals surface area contributed by atoms with Crippen molar-refractivity contribution in [2.75, 3.05) is 38.2 Å². The van der Waals surface area contributed by atoms with Gasteiger partial charge < -0.3 is 9.64 Å². The molecule has 0 amide bonds. The first kappa shape index (κ1) is 18.7. The first-order valence-corrected chi connectivity index (χ1v) is 10.2. The molecule has 0 atom stereocenters. The number of para-hydroxylation sites is 2. The Hall–Kier alpha value is -2.05. The van der Waals surface area contributed by atoms with E-state index in [0.29, 0.717) is 31.1 Å². The Morgan fingerprint density at radius 2 is 1.50 bits per heavy atom. The maximum atomic E-state index is 13.2. The number of sulfonamides is 1. The van der Waals surface area contributed by atoms with Crippen LogP contribution in [0.4, 0.5) is 5.69 Å². The smallest absolute Gasteiger partial charge is 0.243 e. The molecule has 0 N–H and O–H groups in total. The Morgan fingerprint density at radius 3 is 2.08 bits per heavy atom. The molecule has 5 nitrogen and oxygen atoms in total. The lowest BCUT2D eigenvalue weighted by Gasteiger charge is -2.36. The number of methoxy groups -OCH3 is 1. The first-order valence-electron chi connectivity index (χ1n) is 8.80. The highest BCUT2D eigenvalue weighted by molar-refractivity contribution is 7.89. The summed E-state index contributed by atoms with van der Waals surface area (Å²) in [5.74, 6) is 0.814.